The minimum absolute atomic E-state index is 0.226. The second-order valence-corrected chi connectivity index (χ2v) is 6.55. The van der Waals surface area contributed by atoms with Gasteiger partial charge >= 0.3 is 0 Å². The number of ether oxygens (including phenoxy) is 2. The Labute approximate surface area is 159 Å². The summed E-state index contributed by atoms with van der Waals surface area (Å²) in [7, 11) is 3.03. The summed E-state index contributed by atoms with van der Waals surface area (Å²) < 4.78 is 15.6. The molecule has 2 N–H and O–H groups in total. The molecule has 0 aliphatic rings. The predicted molar refractivity (Wildman–Crippen MR) is 101 cm³/mol. The average molecular weight is 374 g/mol. The minimum atomic E-state index is -0.662. The molecule has 0 fully saturated rings. The molecule has 27 heavy (non-hydrogen) atoms. The molecule has 1 aromatic heterocycles. The van der Waals surface area contributed by atoms with E-state index in [1.165, 1.54) is 14.2 Å². The summed E-state index contributed by atoms with van der Waals surface area (Å²) >= 11 is 0. The molecule has 2 aromatic rings. The van der Waals surface area contributed by atoms with Gasteiger partial charge in [0.15, 0.2) is 0 Å². The summed E-state index contributed by atoms with van der Waals surface area (Å²) in [5.41, 5.74) is 0.360. The smallest absolute Gasteiger partial charge is 0.252 e. The van der Waals surface area contributed by atoms with Crippen molar-refractivity contribution in [2.24, 2.45) is 5.92 Å². The maximum atomic E-state index is 12.7. The van der Waals surface area contributed by atoms with E-state index in [9.17, 15) is 9.59 Å². The molecule has 7 heteroatoms. The zero-order valence-electron chi connectivity index (χ0n) is 16.1. The van der Waals surface area contributed by atoms with E-state index in [-0.39, 0.29) is 24.3 Å². The summed E-state index contributed by atoms with van der Waals surface area (Å²) in [6.07, 6.45) is 2.06. The summed E-state index contributed by atoms with van der Waals surface area (Å²) in [5.74, 6) is 1.25. The topological polar surface area (TPSA) is 89.8 Å². The van der Waals surface area contributed by atoms with Crippen molar-refractivity contribution in [2.75, 3.05) is 14.2 Å². The molecule has 0 radical (unpaired) electrons. The van der Waals surface area contributed by atoms with Crippen molar-refractivity contribution in [3.8, 4) is 11.5 Å². The number of carbonyl (C=O) groups excluding carboxylic acids is 2. The largest absolute Gasteiger partial charge is 0.497 e. The Bertz CT molecular complexity index is 733. The molecular weight excluding hydrogens is 348 g/mol. The zero-order valence-corrected chi connectivity index (χ0v) is 16.1. The Hall–Kier alpha value is -2.96. The molecule has 0 bridgehead atoms. The highest BCUT2D eigenvalue weighted by atomic mass is 16.5. The highest BCUT2D eigenvalue weighted by Crippen LogP contribution is 2.22. The van der Waals surface area contributed by atoms with Crippen LogP contribution in [0.5, 0.6) is 11.5 Å². The number of nitrogens with one attached hydrogen (secondary N) is 2. The van der Waals surface area contributed by atoms with Gasteiger partial charge in [-0.1, -0.05) is 13.8 Å². The Morgan fingerprint density at radius 2 is 1.78 bits per heavy atom. The van der Waals surface area contributed by atoms with Crippen LogP contribution < -0.4 is 20.1 Å². The van der Waals surface area contributed by atoms with Gasteiger partial charge < -0.3 is 24.5 Å². The fraction of sp³-hybridized carbons (Fsp3) is 0.400. The lowest BCUT2D eigenvalue weighted by Crippen LogP contribution is -2.47. The first-order valence-corrected chi connectivity index (χ1v) is 8.77. The van der Waals surface area contributed by atoms with Crippen LogP contribution in [-0.4, -0.2) is 32.1 Å². The van der Waals surface area contributed by atoms with Gasteiger partial charge in [0.25, 0.3) is 5.91 Å². The van der Waals surface area contributed by atoms with E-state index in [1.807, 2.05) is 13.8 Å². The third-order valence-corrected chi connectivity index (χ3v) is 3.96. The van der Waals surface area contributed by atoms with E-state index in [0.29, 0.717) is 29.2 Å². The SMILES string of the molecule is COc1cc(OC)cc(C(=O)N[C@H](CC(C)C)C(=O)NCc2ccco2)c1. The van der Waals surface area contributed by atoms with Gasteiger partial charge in [0.1, 0.15) is 23.3 Å². The Balaban J connectivity index is 2.10. The Kier molecular flexibility index (Phi) is 7.28. The van der Waals surface area contributed by atoms with E-state index >= 15 is 0 Å². The van der Waals surface area contributed by atoms with Gasteiger partial charge in [0, 0.05) is 11.6 Å². The van der Waals surface area contributed by atoms with Crippen LogP contribution in [0.15, 0.2) is 41.0 Å². The number of amides is 2. The molecule has 7 nitrogen and oxygen atoms in total. The first-order chi connectivity index (χ1) is 12.9. The van der Waals surface area contributed by atoms with Crippen LogP contribution in [0, 0.1) is 5.92 Å². The van der Waals surface area contributed by atoms with Crippen molar-refractivity contribution in [2.45, 2.75) is 32.9 Å². The van der Waals surface area contributed by atoms with Crippen LogP contribution in [0.2, 0.25) is 0 Å². The molecule has 0 saturated carbocycles. The fourth-order valence-corrected chi connectivity index (χ4v) is 2.59. The molecule has 0 unspecified atom stereocenters. The van der Waals surface area contributed by atoms with Crippen molar-refractivity contribution in [3.05, 3.63) is 47.9 Å². The molecule has 0 spiro atoms. The molecule has 1 aromatic carbocycles. The molecule has 0 saturated heterocycles. The number of methoxy groups -OCH3 is 2. The molecule has 0 aliphatic carbocycles. The predicted octanol–water partition coefficient (Wildman–Crippen LogP) is 2.76. The summed E-state index contributed by atoms with van der Waals surface area (Å²) in [4.78, 5) is 25.3. The lowest BCUT2D eigenvalue weighted by Gasteiger charge is -2.20. The maximum absolute atomic E-state index is 12.7. The average Bonchev–Trinajstić information content (AvgIpc) is 3.18. The van der Waals surface area contributed by atoms with E-state index in [0.717, 1.165) is 0 Å². The van der Waals surface area contributed by atoms with E-state index in [4.69, 9.17) is 13.9 Å². The van der Waals surface area contributed by atoms with Crippen molar-refractivity contribution in [1.82, 2.24) is 10.6 Å². The number of carbonyl (C=O) groups is 2. The van der Waals surface area contributed by atoms with E-state index < -0.39 is 6.04 Å². The second kappa shape index (κ2) is 9.66. The zero-order chi connectivity index (χ0) is 19.8. The van der Waals surface area contributed by atoms with Gasteiger partial charge in [-0.15, -0.1) is 0 Å². The highest BCUT2D eigenvalue weighted by Gasteiger charge is 2.23. The lowest BCUT2D eigenvalue weighted by molar-refractivity contribution is -0.123. The maximum Gasteiger partial charge on any atom is 0.252 e. The number of hydrogen-bond acceptors (Lipinski definition) is 5. The number of hydrogen-bond donors (Lipinski definition) is 2. The summed E-state index contributed by atoms with van der Waals surface area (Å²) in [6.45, 7) is 4.25. The quantitative estimate of drug-likeness (QED) is 0.704. The van der Waals surface area contributed by atoms with Gasteiger partial charge in [-0.25, -0.2) is 0 Å². The molecule has 146 valence electrons. The number of rotatable bonds is 9. The highest BCUT2D eigenvalue weighted by molar-refractivity contribution is 5.98. The number of furan rings is 1. The standard InChI is InChI=1S/C20H26N2O5/c1-13(2)8-18(20(24)21-12-15-6-5-7-27-15)22-19(23)14-9-16(25-3)11-17(10-14)26-4/h5-7,9-11,13,18H,8,12H2,1-4H3,(H,21,24)(H,22,23)/t18-/m1/s1. The first kappa shape index (κ1) is 20.4. The molecule has 2 amide bonds. The van der Waals surface area contributed by atoms with Crippen LogP contribution in [0.25, 0.3) is 0 Å². The van der Waals surface area contributed by atoms with Crippen LogP contribution >= 0.6 is 0 Å². The second-order valence-electron chi connectivity index (χ2n) is 6.55. The minimum Gasteiger partial charge on any atom is -0.497 e. The third-order valence-electron chi connectivity index (χ3n) is 3.96. The van der Waals surface area contributed by atoms with E-state index in [1.54, 1.807) is 36.6 Å². The molecule has 2 rings (SSSR count). The Morgan fingerprint density at radius 3 is 2.30 bits per heavy atom. The lowest BCUT2D eigenvalue weighted by atomic mass is 10.0. The Morgan fingerprint density at radius 1 is 1.11 bits per heavy atom. The van der Waals surface area contributed by atoms with Crippen molar-refractivity contribution in [1.29, 1.82) is 0 Å². The van der Waals surface area contributed by atoms with Crippen LogP contribution in [0.4, 0.5) is 0 Å². The van der Waals surface area contributed by atoms with Crippen molar-refractivity contribution < 1.29 is 23.5 Å². The van der Waals surface area contributed by atoms with Gasteiger partial charge in [-0.3, -0.25) is 9.59 Å². The van der Waals surface area contributed by atoms with Gasteiger partial charge in [-0.05, 0) is 36.6 Å². The van der Waals surface area contributed by atoms with Crippen LogP contribution in [0.3, 0.4) is 0 Å². The van der Waals surface area contributed by atoms with Gasteiger partial charge in [0.05, 0.1) is 27.0 Å². The number of benzene rings is 1. The van der Waals surface area contributed by atoms with Gasteiger partial charge in [-0.2, -0.15) is 0 Å². The normalized spacial score (nSPS) is 11.7. The third kappa shape index (κ3) is 6.06. The first-order valence-electron chi connectivity index (χ1n) is 8.77. The van der Waals surface area contributed by atoms with Crippen LogP contribution in [-0.2, 0) is 11.3 Å². The van der Waals surface area contributed by atoms with E-state index in [2.05, 4.69) is 10.6 Å². The molecule has 1 heterocycles. The van der Waals surface area contributed by atoms with Crippen molar-refractivity contribution in [3.63, 3.8) is 0 Å². The molecule has 1 atom stereocenters. The monoisotopic (exact) mass is 374 g/mol. The fourth-order valence-electron chi connectivity index (χ4n) is 2.59. The summed E-state index contributed by atoms with van der Waals surface area (Å²) in [5, 5.41) is 5.60. The summed E-state index contributed by atoms with van der Waals surface area (Å²) in [6, 6.07) is 7.75. The van der Waals surface area contributed by atoms with Gasteiger partial charge in [0.2, 0.25) is 5.91 Å². The van der Waals surface area contributed by atoms with Crippen LogP contribution in [0.1, 0.15) is 36.4 Å². The molecule has 0 aliphatic heterocycles. The van der Waals surface area contributed by atoms with Crippen molar-refractivity contribution >= 4 is 11.8 Å². The molecular formula is C20H26N2O5.